The van der Waals surface area contributed by atoms with E-state index in [2.05, 4.69) is 20.7 Å². The van der Waals surface area contributed by atoms with Crippen LogP contribution in [-0.2, 0) is 4.79 Å². The Balaban J connectivity index is 1.27. The van der Waals surface area contributed by atoms with E-state index in [4.69, 9.17) is 4.52 Å². The topological polar surface area (TPSA) is 121 Å². The maximum absolute atomic E-state index is 12.9. The summed E-state index contributed by atoms with van der Waals surface area (Å²) in [4.78, 5) is 38.8. The minimum atomic E-state index is -0.302. The first-order valence-corrected chi connectivity index (χ1v) is 10.7. The van der Waals surface area contributed by atoms with Crippen LogP contribution in [0.1, 0.15) is 58.5 Å². The summed E-state index contributed by atoms with van der Waals surface area (Å²) in [6, 6.07) is 10.4. The predicted octanol–water partition coefficient (Wildman–Crippen LogP) is 2.31. The Hall–Kier alpha value is -3.75. The van der Waals surface area contributed by atoms with Gasteiger partial charge < -0.3 is 14.7 Å². The Morgan fingerprint density at radius 1 is 1.16 bits per heavy atom. The second kappa shape index (κ2) is 8.07. The van der Waals surface area contributed by atoms with Crippen LogP contribution in [0.3, 0.4) is 0 Å². The highest BCUT2D eigenvalue weighted by atomic mass is 16.5. The molecule has 0 unspecified atom stereocenters. The highest BCUT2D eigenvalue weighted by Gasteiger charge is 2.33. The quantitative estimate of drug-likeness (QED) is 0.651. The lowest BCUT2D eigenvalue weighted by atomic mass is 9.89. The summed E-state index contributed by atoms with van der Waals surface area (Å²) in [6.07, 6.45) is 1.68. The van der Waals surface area contributed by atoms with Crippen LogP contribution < -0.4 is 10.9 Å². The van der Waals surface area contributed by atoms with Crippen LogP contribution in [0.5, 0.6) is 0 Å². The third-order valence-electron chi connectivity index (χ3n) is 6.23. The van der Waals surface area contributed by atoms with Gasteiger partial charge in [0.05, 0.1) is 23.9 Å². The highest BCUT2D eigenvalue weighted by Crippen LogP contribution is 2.34. The SMILES string of the molecule is Cc1cc(-c2cc(=O)[nH]nc2C2CCN(C(=O)C[C@@H]3NC(=O)c4ccccc43)CC2)on1. The first-order valence-electron chi connectivity index (χ1n) is 10.7. The molecule has 2 aliphatic heterocycles. The van der Waals surface area contributed by atoms with Gasteiger partial charge >= 0.3 is 0 Å². The van der Waals surface area contributed by atoms with Crippen molar-refractivity contribution in [1.29, 1.82) is 0 Å². The van der Waals surface area contributed by atoms with Crippen LogP contribution in [0.25, 0.3) is 11.3 Å². The largest absolute Gasteiger partial charge is 0.356 e. The average Bonchev–Trinajstić information content (AvgIpc) is 3.37. The van der Waals surface area contributed by atoms with Gasteiger partial charge in [-0.3, -0.25) is 14.4 Å². The van der Waals surface area contributed by atoms with Crippen LogP contribution in [0.2, 0.25) is 0 Å². The number of rotatable bonds is 4. The lowest BCUT2D eigenvalue weighted by Gasteiger charge is -2.32. The number of aryl methyl sites for hydroxylation is 1. The molecule has 164 valence electrons. The molecule has 0 radical (unpaired) electrons. The van der Waals surface area contributed by atoms with Crippen molar-refractivity contribution in [3.63, 3.8) is 0 Å². The van der Waals surface area contributed by atoms with E-state index in [1.165, 1.54) is 6.07 Å². The number of aromatic nitrogens is 3. The Kier molecular flexibility index (Phi) is 5.08. The van der Waals surface area contributed by atoms with Crippen LogP contribution in [-0.4, -0.2) is 45.2 Å². The Bertz CT molecular complexity index is 1240. The summed E-state index contributed by atoms with van der Waals surface area (Å²) in [5, 5.41) is 13.6. The van der Waals surface area contributed by atoms with Gasteiger partial charge in [-0.1, -0.05) is 23.4 Å². The van der Waals surface area contributed by atoms with Gasteiger partial charge in [0.15, 0.2) is 5.76 Å². The number of carbonyl (C=O) groups excluding carboxylic acids is 2. The molecule has 9 nitrogen and oxygen atoms in total. The molecule has 2 amide bonds. The number of nitrogens with one attached hydrogen (secondary N) is 2. The van der Waals surface area contributed by atoms with E-state index in [1.54, 1.807) is 12.1 Å². The fourth-order valence-corrected chi connectivity index (χ4v) is 4.60. The lowest BCUT2D eigenvalue weighted by Crippen LogP contribution is -2.39. The number of amides is 2. The molecule has 2 N–H and O–H groups in total. The fraction of sp³-hybridized carbons (Fsp3) is 0.348. The predicted molar refractivity (Wildman–Crippen MR) is 115 cm³/mol. The molecule has 0 aliphatic carbocycles. The zero-order chi connectivity index (χ0) is 22.2. The minimum Gasteiger partial charge on any atom is -0.356 e. The zero-order valence-electron chi connectivity index (χ0n) is 17.6. The van der Waals surface area contributed by atoms with Crippen molar-refractivity contribution in [3.8, 4) is 11.3 Å². The van der Waals surface area contributed by atoms with Crippen LogP contribution in [0.15, 0.2) is 45.7 Å². The van der Waals surface area contributed by atoms with Gasteiger partial charge in [0.2, 0.25) is 5.91 Å². The molecule has 0 bridgehead atoms. The molecule has 1 fully saturated rings. The van der Waals surface area contributed by atoms with Gasteiger partial charge in [-0.2, -0.15) is 5.10 Å². The van der Waals surface area contributed by atoms with E-state index < -0.39 is 0 Å². The third kappa shape index (κ3) is 3.70. The Morgan fingerprint density at radius 3 is 2.69 bits per heavy atom. The zero-order valence-corrected chi connectivity index (χ0v) is 17.6. The van der Waals surface area contributed by atoms with Crippen molar-refractivity contribution < 1.29 is 14.1 Å². The first-order chi connectivity index (χ1) is 15.5. The lowest BCUT2D eigenvalue weighted by molar-refractivity contribution is -0.132. The number of aromatic amines is 1. The number of benzene rings is 1. The average molecular weight is 433 g/mol. The van der Waals surface area contributed by atoms with E-state index >= 15 is 0 Å². The molecule has 0 saturated carbocycles. The Morgan fingerprint density at radius 2 is 1.94 bits per heavy atom. The van der Waals surface area contributed by atoms with Crippen molar-refractivity contribution in [2.75, 3.05) is 13.1 Å². The van der Waals surface area contributed by atoms with Crippen molar-refractivity contribution in [2.45, 2.75) is 38.1 Å². The molecule has 1 atom stereocenters. The molecule has 0 spiro atoms. The van der Waals surface area contributed by atoms with Crippen molar-refractivity contribution in [3.05, 3.63) is 69.3 Å². The third-order valence-corrected chi connectivity index (χ3v) is 6.23. The minimum absolute atomic E-state index is 0.0194. The molecular formula is C23H23N5O4. The number of carbonyl (C=O) groups is 2. The summed E-state index contributed by atoms with van der Waals surface area (Å²) < 4.78 is 5.37. The van der Waals surface area contributed by atoms with Crippen LogP contribution >= 0.6 is 0 Å². The number of H-pyrrole nitrogens is 1. The van der Waals surface area contributed by atoms with Gasteiger partial charge in [-0.05, 0) is 31.4 Å². The van der Waals surface area contributed by atoms with E-state index in [1.807, 2.05) is 30.0 Å². The van der Waals surface area contributed by atoms with E-state index in [9.17, 15) is 14.4 Å². The summed E-state index contributed by atoms with van der Waals surface area (Å²) in [5.41, 5.74) is 3.35. The molecule has 1 saturated heterocycles. The van der Waals surface area contributed by atoms with E-state index in [-0.39, 0.29) is 35.8 Å². The van der Waals surface area contributed by atoms with Gasteiger partial charge in [0.1, 0.15) is 0 Å². The smallest absolute Gasteiger partial charge is 0.264 e. The molecule has 5 rings (SSSR count). The molecular weight excluding hydrogens is 410 g/mol. The number of hydrogen-bond donors (Lipinski definition) is 2. The second-order valence-electron chi connectivity index (χ2n) is 8.34. The van der Waals surface area contributed by atoms with Crippen LogP contribution in [0, 0.1) is 6.92 Å². The summed E-state index contributed by atoms with van der Waals surface area (Å²) in [6.45, 7) is 2.99. The van der Waals surface area contributed by atoms with E-state index in [0.717, 1.165) is 29.8 Å². The number of fused-ring (bicyclic) bond motifs is 1. The van der Waals surface area contributed by atoms with Gasteiger partial charge in [-0.15, -0.1) is 0 Å². The summed E-state index contributed by atoms with van der Waals surface area (Å²) in [5.74, 6) is 0.496. The number of piperidine rings is 1. The van der Waals surface area contributed by atoms with Gasteiger partial charge in [-0.25, -0.2) is 5.10 Å². The number of hydrogen-bond acceptors (Lipinski definition) is 6. The van der Waals surface area contributed by atoms with Gasteiger partial charge in [0, 0.05) is 42.3 Å². The maximum atomic E-state index is 12.9. The van der Waals surface area contributed by atoms with E-state index in [0.29, 0.717) is 30.0 Å². The maximum Gasteiger partial charge on any atom is 0.264 e. The molecule has 2 aromatic heterocycles. The van der Waals surface area contributed by atoms with Crippen molar-refractivity contribution >= 4 is 11.8 Å². The fourth-order valence-electron chi connectivity index (χ4n) is 4.60. The molecule has 32 heavy (non-hydrogen) atoms. The monoisotopic (exact) mass is 433 g/mol. The summed E-state index contributed by atoms with van der Waals surface area (Å²) in [7, 11) is 0. The molecule has 4 heterocycles. The first kappa shape index (κ1) is 20.2. The molecule has 9 heteroatoms. The van der Waals surface area contributed by atoms with Crippen LogP contribution in [0.4, 0.5) is 0 Å². The molecule has 2 aliphatic rings. The van der Waals surface area contributed by atoms with Crippen molar-refractivity contribution in [2.24, 2.45) is 0 Å². The normalized spacial score (nSPS) is 18.5. The standard InChI is InChI=1S/C23H23N5O4/c1-13-10-19(32-27-13)17-11-20(29)25-26-22(17)14-6-8-28(9-7-14)21(30)12-18-15-4-2-3-5-16(15)23(31)24-18/h2-5,10-11,14,18H,6-9,12H2,1H3,(H,24,31)(H,25,29)/t18-/m0/s1. The van der Waals surface area contributed by atoms with Crippen molar-refractivity contribution in [1.82, 2.24) is 25.6 Å². The Labute approximate surface area is 183 Å². The van der Waals surface area contributed by atoms with Gasteiger partial charge in [0.25, 0.3) is 11.5 Å². The number of nitrogens with zero attached hydrogens (tertiary/aromatic N) is 3. The second-order valence-corrected chi connectivity index (χ2v) is 8.34. The molecule has 1 aromatic carbocycles. The summed E-state index contributed by atoms with van der Waals surface area (Å²) >= 11 is 0. The number of likely N-dealkylation sites (tertiary alicyclic amines) is 1. The molecule has 3 aromatic rings. The highest BCUT2D eigenvalue weighted by molar-refractivity contribution is 5.99.